The van der Waals surface area contributed by atoms with Gasteiger partial charge in [0.25, 0.3) is 5.91 Å². The summed E-state index contributed by atoms with van der Waals surface area (Å²) in [6.07, 6.45) is 0. The fraction of sp³-hybridized carbons (Fsp3) is 0.333. The van der Waals surface area contributed by atoms with Crippen molar-refractivity contribution < 1.29 is 18.0 Å². The first-order valence-electron chi connectivity index (χ1n) is 9.50. The maximum absolute atomic E-state index is 13.0. The Kier molecular flexibility index (Phi) is 6.34. The molecule has 0 unspecified atom stereocenters. The zero-order valence-electron chi connectivity index (χ0n) is 16.5. The number of benzene rings is 2. The summed E-state index contributed by atoms with van der Waals surface area (Å²) in [6.45, 7) is 4.56. The summed E-state index contributed by atoms with van der Waals surface area (Å²) in [6, 6.07) is 15.4. The van der Waals surface area contributed by atoms with Gasteiger partial charge in [-0.15, -0.1) is 0 Å². The average Bonchev–Trinajstić information content (AvgIpc) is 2.74. The van der Waals surface area contributed by atoms with E-state index < -0.39 is 10.0 Å². The summed E-state index contributed by atoms with van der Waals surface area (Å²) >= 11 is 0. The lowest BCUT2D eigenvalue weighted by Crippen LogP contribution is -2.49. The lowest BCUT2D eigenvalue weighted by atomic mass is 10.1. The minimum Gasteiger partial charge on any atom is -0.346 e. The Morgan fingerprint density at radius 1 is 0.966 bits per heavy atom. The fourth-order valence-corrected chi connectivity index (χ4v) is 4.76. The summed E-state index contributed by atoms with van der Waals surface area (Å²) in [7, 11) is -3.73. The SMILES string of the molecule is CC(=O)N1CCN(S(=O)(=O)c2cccc(C(=O)N[C@@H](C)c3ccccc3)c2)CC1. The maximum Gasteiger partial charge on any atom is 0.251 e. The molecule has 3 rings (SSSR count). The average molecular weight is 416 g/mol. The van der Waals surface area contributed by atoms with Crippen LogP contribution in [0.4, 0.5) is 0 Å². The first-order chi connectivity index (χ1) is 13.8. The summed E-state index contributed by atoms with van der Waals surface area (Å²) in [5.74, 6) is -0.395. The Morgan fingerprint density at radius 2 is 1.62 bits per heavy atom. The van der Waals surface area contributed by atoms with E-state index in [4.69, 9.17) is 0 Å². The summed E-state index contributed by atoms with van der Waals surface area (Å²) in [5.41, 5.74) is 1.25. The normalized spacial score (nSPS) is 16.3. The molecule has 1 aliphatic rings. The molecule has 2 aromatic carbocycles. The van der Waals surface area contributed by atoms with Gasteiger partial charge in [-0.25, -0.2) is 8.42 Å². The van der Waals surface area contributed by atoms with Gasteiger partial charge < -0.3 is 10.2 Å². The van der Waals surface area contributed by atoms with Crippen molar-refractivity contribution in [2.24, 2.45) is 0 Å². The summed E-state index contributed by atoms with van der Waals surface area (Å²) in [5, 5.41) is 2.90. The monoisotopic (exact) mass is 415 g/mol. The topological polar surface area (TPSA) is 86.8 Å². The molecule has 1 N–H and O–H groups in total. The van der Waals surface area contributed by atoms with Crippen LogP contribution in [0.5, 0.6) is 0 Å². The predicted molar refractivity (Wildman–Crippen MR) is 110 cm³/mol. The van der Waals surface area contributed by atoms with Crippen molar-refractivity contribution in [3.63, 3.8) is 0 Å². The van der Waals surface area contributed by atoms with Crippen molar-refractivity contribution >= 4 is 21.8 Å². The van der Waals surface area contributed by atoms with Crippen LogP contribution in [0.2, 0.25) is 0 Å². The van der Waals surface area contributed by atoms with E-state index >= 15 is 0 Å². The molecule has 29 heavy (non-hydrogen) atoms. The van der Waals surface area contributed by atoms with Crippen LogP contribution in [0.3, 0.4) is 0 Å². The van der Waals surface area contributed by atoms with Gasteiger partial charge in [0.2, 0.25) is 15.9 Å². The number of rotatable bonds is 5. The van der Waals surface area contributed by atoms with E-state index in [1.54, 1.807) is 17.0 Å². The van der Waals surface area contributed by atoms with Crippen LogP contribution in [0.15, 0.2) is 59.5 Å². The standard InChI is InChI=1S/C21H25N3O4S/c1-16(18-7-4-3-5-8-18)22-21(26)19-9-6-10-20(15-19)29(27,28)24-13-11-23(12-14-24)17(2)25/h3-10,15-16H,11-14H2,1-2H3,(H,22,26)/t16-/m0/s1. The Bertz CT molecular complexity index is 984. The molecule has 2 aromatic rings. The number of piperazine rings is 1. The second-order valence-corrected chi connectivity index (χ2v) is 8.98. The molecular weight excluding hydrogens is 390 g/mol. The number of hydrogen-bond acceptors (Lipinski definition) is 4. The molecule has 8 heteroatoms. The van der Waals surface area contributed by atoms with Crippen LogP contribution in [0.25, 0.3) is 0 Å². The van der Waals surface area contributed by atoms with Gasteiger partial charge in [-0.05, 0) is 30.7 Å². The van der Waals surface area contributed by atoms with E-state index in [2.05, 4.69) is 5.32 Å². The molecule has 0 spiro atoms. The van der Waals surface area contributed by atoms with Crippen molar-refractivity contribution in [2.75, 3.05) is 26.2 Å². The third-order valence-electron chi connectivity index (χ3n) is 5.07. The number of sulfonamides is 1. The van der Waals surface area contributed by atoms with E-state index in [1.165, 1.54) is 23.4 Å². The third kappa shape index (κ3) is 4.83. The van der Waals surface area contributed by atoms with Crippen LogP contribution in [-0.2, 0) is 14.8 Å². The lowest BCUT2D eigenvalue weighted by Gasteiger charge is -2.33. The second kappa shape index (κ2) is 8.75. The largest absolute Gasteiger partial charge is 0.346 e. The molecule has 1 saturated heterocycles. The van der Waals surface area contributed by atoms with E-state index in [-0.39, 0.29) is 41.4 Å². The molecular formula is C21H25N3O4S. The number of carbonyl (C=O) groups is 2. The van der Waals surface area contributed by atoms with Crippen molar-refractivity contribution in [1.29, 1.82) is 0 Å². The van der Waals surface area contributed by atoms with Gasteiger partial charge in [-0.1, -0.05) is 36.4 Å². The first-order valence-corrected chi connectivity index (χ1v) is 10.9. The molecule has 0 aliphatic carbocycles. The third-order valence-corrected chi connectivity index (χ3v) is 6.96. The van der Waals surface area contributed by atoms with Crippen molar-refractivity contribution in [3.05, 3.63) is 65.7 Å². The predicted octanol–water partition coefficient (Wildman–Crippen LogP) is 2.03. The fourth-order valence-electron chi connectivity index (χ4n) is 3.30. The number of nitrogens with zero attached hydrogens (tertiary/aromatic N) is 2. The Labute approximate surface area is 171 Å². The van der Waals surface area contributed by atoms with Crippen LogP contribution >= 0.6 is 0 Å². The summed E-state index contributed by atoms with van der Waals surface area (Å²) < 4.78 is 27.3. The molecule has 1 heterocycles. The van der Waals surface area contributed by atoms with E-state index in [1.807, 2.05) is 37.3 Å². The highest BCUT2D eigenvalue weighted by molar-refractivity contribution is 7.89. The van der Waals surface area contributed by atoms with Crippen LogP contribution in [0, 0.1) is 0 Å². The zero-order chi connectivity index (χ0) is 21.0. The molecule has 1 aliphatic heterocycles. The van der Waals surface area contributed by atoms with Crippen molar-refractivity contribution in [3.8, 4) is 0 Å². The van der Waals surface area contributed by atoms with Crippen molar-refractivity contribution in [2.45, 2.75) is 24.8 Å². The van der Waals surface area contributed by atoms with Gasteiger partial charge in [0, 0.05) is 38.7 Å². The quantitative estimate of drug-likeness (QED) is 0.810. The van der Waals surface area contributed by atoms with Crippen LogP contribution in [0.1, 0.15) is 35.8 Å². The Morgan fingerprint density at radius 3 is 2.24 bits per heavy atom. The zero-order valence-corrected chi connectivity index (χ0v) is 17.4. The molecule has 1 fully saturated rings. The molecule has 0 bridgehead atoms. The van der Waals surface area contributed by atoms with Gasteiger partial charge in [0.15, 0.2) is 0 Å². The lowest BCUT2D eigenvalue weighted by molar-refractivity contribution is -0.129. The Balaban J connectivity index is 1.73. The minimum atomic E-state index is -3.73. The molecule has 0 radical (unpaired) electrons. The van der Waals surface area contributed by atoms with Gasteiger partial charge in [0.1, 0.15) is 0 Å². The molecule has 0 aromatic heterocycles. The maximum atomic E-state index is 13.0. The first kappa shape index (κ1) is 21.0. The molecule has 2 amide bonds. The highest BCUT2D eigenvalue weighted by Crippen LogP contribution is 2.20. The summed E-state index contributed by atoms with van der Waals surface area (Å²) in [4.78, 5) is 25.8. The minimum absolute atomic E-state index is 0.0618. The number of hydrogen-bond donors (Lipinski definition) is 1. The number of nitrogens with one attached hydrogen (secondary N) is 1. The van der Waals surface area contributed by atoms with Gasteiger partial charge in [-0.2, -0.15) is 4.31 Å². The van der Waals surface area contributed by atoms with Crippen LogP contribution in [-0.4, -0.2) is 55.6 Å². The molecule has 0 saturated carbocycles. The molecule has 1 atom stereocenters. The Hall–Kier alpha value is -2.71. The van der Waals surface area contributed by atoms with Crippen LogP contribution < -0.4 is 5.32 Å². The molecule has 7 nitrogen and oxygen atoms in total. The highest BCUT2D eigenvalue weighted by atomic mass is 32.2. The van der Waals surface area contributed by atoms with Gasteiger partial charge in [-0.3, -0.25) is 9.59 Å². The second-order valence-electron chi connectivity index (χ2n) is 7.04. The van der Waals surface area contributed by atoms with E-state index in [0.29, 0.717) is 13.1 Å². The highest BCUT2D eigenvalue weighted by Gasteiger charge is 2.29. The molecule has 154 valence electrons. The van der Waals surface area contributed by atoms with E-state index in [0.717, 1.165) is 5.56 Å². The van der Waals surface area contributed by atoms with Crippen molar-refractivity contribution in [1.82, 2.24) is 14.5 Å². The number of amides is 2. The number of carbonyl (C=O) groups excluding carboxylic acids is 2. The smallest absolute Gasteiger partial charge is 0.251 e. The van der Waals surface area contributed by atoms with Gasteiger partial charge in [0.05, 0.1) is 10.9 Å². The van der Waals surface area contributed by atoms with E-state index in [9.17, 15) is 18.0 Å². The van der Waals surface area contributed by atoms with Gasteiger partial charge >= 0.3 is 0 Å².